The Labute approximate surface area is 198 Å². The van der Waals surface area contributed by atoms with Crippen LogP contribution in [0.1, 0.15) is 42.3 Å². The topological polar surface area (TPSA) is 98.9 Å². The zero-order valence-electron chi connectivity index (χ0n) is 18.0. The highest BCUT2D eigenvalue weighted by atomic mass is 32.1. The summed E-state index contributed by atoms with van der Waals surface area (Å²) in [6.07, 6.45) is 1.44. The van der Waals surface area contributed by atoms with Crippen molar-refractivity contribution in [1.29, 1.82) is 0 Å². The van der Waals surface area contributed by atoms with Crippen LogP contribution in [0.25, 0.3) is 10.8 Å². The molecule has 3 heterocycles. The number of ether oxygens (including phenoxy) is 2. The molecular formula is C25H18N2O6S. The number of fused-ring (bicyclic) bond motifs is 1. The molecule has 9 heteroatoms. The van der Waals surface area contributed by atoms with Gasteiger partial charge >= 0.3 is 5.97 Å². The third-order valence-corrected chi connectivity index (χ3v) is 6.20. The van der Waals surface area contributed by atoms with Crippen LogP contribution >= 0.6 is 11.3 Å². The predicted molar refractivity (Wildman–Crippen MR) is 123 cm³/mol. The standard InChI is InChI=1S/C25H18N2O6S/c1-31-20-9-8-15(12-27-23(28)17-5-2-3-6-18(17)24(27)29)11-19(20)25(30)33-14-16-13-32-22(26-16)21-7-4-10-34-21/h2-11,13H,12,14H2,1H3. The Bertz CT molecular complexity index is 1360. The van der Waals surface area contributed by atoms with Gasteiger partial charge in [-0.15, -0.1) is 11.3 Å². The molecular weight excluding hydrogens is 456 g/mol. The van der Waals surface area contributed by atoms with Crippen LogP contribution in [0.4, 0.5) is 0 Å². The van der Waals surface area contributed by atoms with Crippen LogP contribution in [0.5, 0.6) is 5.75 Å². The van der Waals surface area contributed by atoms with E-state index in [-0.39, 0.29) is 30.5 Å². The molecule has 34 heavy (non-hydrogen) atoms. The molecule has 4 aromatic rings. The van der Waals surface area contributed by atoms with Crippen molar-refractivity contribution in [3.8, 4) is 16.5 Å². The van der Waals surface area contributed by atoms with Crippen molar-refractivity contribution < 1.29 is 28.3 Å². The number of rotatable bonds is 7. The van der Waals surface area contributed by atoms with Gasteiger partial charge in [-0.2, -0.15) is 0 Å². The summed E-state index contributed by atoms with van der Waals surface area (Å²) in [6, 6.07) is 15.3. The van der Waals surface area contributed by atoms with Gasteiger partial charge in [0.1, 0.15) is 29.9 Å². The van der Waals surface area contributed by atoms with E-state index in [2.05, 4.69) is 4.98 Å². The van der Waals surface area contributed by atoms with E-state index in [1.807, 2.05) is 17.5 Å². The van der Waals surface area contributed by atoms with Crippen molar-refractivity contribution in [2.75, 3.05) is 7.11 Å². The third kappa shape index (κ3) is 3.97. The van der Waals surface area contributed by atoms with Crippen LogP contribution in [0.3, 0.4) is 0 Å². The van der Waals surface area contributed by atoms with Crippen LogP contribution in [0.2, 0.25) is 0 Å². The van der Waals surface area contributed by atoms with Gasteiger partial charge in [0.25, 0.3) is 11.8 Å². The molecule has 0 bridgehead atoms. The Kier molecular flexibility index (Phi) is 5.69. The van der Waals surface area contributed by atoms with Crippen LogP contribution in [0.15, 0.2) is 70.7 Å². The molecule has 0 N–H and O–H groups in total. The molecule has 1 aliphatic rings. The van der Waals surface area contributed by atoms with E-state index in [1.165, 1.54) is 24.7 Å². The molecule has 8 nitrogen and oxygen atoms in total. The zero-order chi connectivity index (χ0) is 23.7. The van der Waals surface area contributed by atoms with Gasteiger partial charge in [0, 0.05) is 0 Å². The maximum atomic E-state index is 12.8. The maximum Gasteiger partial charge on any atom is 0.342 e. The normalized spacial score (nSPS) is 12.7. The lowest BCUT2D eigenvalue weighted by atomic mass is 10.1. The Hall–Kier alpha value is -4.24. The van der Waals surface area contributed by atoms with E-state index >= 15 is 0 Å². The average molecular weight is 474 g/mol. The largest absolute Gasteiger partial charge is 0.496 e. The lowest BCUT2D eigenvalue weighted by molar-refractivity contribution is 0.0463. The summed E-state index contributed by atoms with van der Waals surface area (Å²) in [5.74, 6) is -0.583. The van der Waals surface area contributed by atoms with Gasteiger partial charge in [-0.1, -0.05) is 24.3 Å². The molecule has 0 fully saturated rings. The summed E-state index contributed by atoms with van der Waals surface area (Å²) < 4.78 is 16.2. The van der Waals surface area contributed by atoms with Gasteiger partial charge in [-0.25, -0.2) is 9.78 Å². The summed E-state index contributed by atoms with van der Waals surface area (Å²) in [5, 5.41) is 1.92. The number of benzene rings is 2. The van der Waals surface area contributed by atoms with Gasteiger partial charge < -0.3 is 13.9 Å². The first-order chi connectivity index (χ1) is 16.5. The fraction of sp³-hybridized carbons (Fsp3) is 0.120. The van der Waals surface area contributed by atoms with Crippen LogP contribution in [-0.2, 0) is 17.9 Å². The van der Waals surface area contributed by atoms with E-state index in [0.29, 0.717) is 34.0 Å². The fourth-order valence-corrected chi connectivity index (χ4v) is 4.34. The molecule has 0 saturated carbocycles. The van der Waals surface area contributed by atoms with Gasteiger partial charge in [0.05, 0.1) is 29.7 Å². The molecule has 2 aromatic heterocycles. The summed E-state index contributed by atoms with van der Waals surface area (Å²) in [5.41, 5.74) is 1.98. The molecule has 0 atom stereocenters. The molecule has 1 aliphatic heterocycles. The number of carbonyl (C=O) groups is 3. The lowest BCUT2D eigenvalue weighted by Gasteiger charge is -2.15. The van der Waals surface area contributed by atoms with E-state index in [9.17, 15) is 14.4 Å². The second-order valence-corrected chi connectivity index (χ2v) is 8.42. The predicted octanol–water partition coefficient (Wildman–Crippen LogP) is 4.56. The molecule has 0 unspecified atom stereocenters. The Morgan fingerprint density at radius 3 is 2.50 bits per heavy atom. The summed E-state index contributed by atoms with van der Waals surface area (Å²) in [6.45, 7) is -0.0659. The highest BCUT2D eigenvalue weighted by molar-refractivity contribution is 7.13. The SMILES string of the molecule is COc1ccc(CN2C(=O)c3ccccc3C2=O)cc1C(=O)OCc1coc(-c2cccs2)n1. The maximum absolute atomic E-state index is 12.8. The second-order valence-electron chi connectivity index (χ2n) is 7.47. The molecule has 0 spiro atoms. The van der Waals surface area contributed by atoms with Crippen molar-refractivity contribution in [2.45, 2.75) is 13.2 Å². The monoisotopic (exact) mass is 474 g/mol. The highest BCUT2D eigenvalue weighted by Crippen LogP contribution is 2.27. The first-order valence-electron chi connectivity index (χ1n) is 10.3. The molecule has 2 amide bonds. The minimum absolute atomic E-state index is 0.0179. The number of nitrogens with zero attached hydrogens (tertiary/aromatic N) is 2. The molecule has 0 saturated heterocycles. The number of thiophene rings is 1. The van der Waals surface area contributed by atoms with Gasteiger partial charge in [0.15, 0.2) is 0 Å². The van der Waals surface area contributed by atoms with E-state index < -0.39 is 5.97 Å². The molecule has 0 aliphatic carbocycles. The molecule has 5 rings (SSSR count). The van der Waals surface area contributed by atoms with Crippen LogP contribution in [-0.4, -0.2) is 34.8 Å². The number of hydrogen-bond donors (Lipinski definition) is 0. The number of hydrogen-bond acceptors (Lipinski definition) is 8. The fourth-order valence-electron chi connectivity index (χ4n) is 3.68. The van der Waals surface area contributed by atoms with Crippen molar-refractivity contribution in [3.05, 3.63) is 94.2 Å². The van der Waals surface area contributed by atoms with E-state index in [4.69, 9.17) is 13.9 Å². The average Bonchev–Trinajstić information content (AvgIpc) is 3.61. The number of oxazole rings is 1. The third-order valence-electron chi connectivity index (χ3n) is 5.34. The van der Waals surface area contributed by atoms with Gasteiger partial charge in [-0.05, 0) is 41.3 Å². The molecule has 2 aromatic carbocycles. The second kappa shape index (κ2) is 8.95. The van der Waals surface area contributed by atoms with Crippen molar-refractivity contribution in [1.82, 2.24) is 9.88 Å². The lowest BCUT2D eigenvalue weighted by Crippen LogP contribution is -2.29. The summed E-state index contributed by atoms with van der Waals surface area (Å²) in [4.78, 5) is 44.5. The first kappa shape index (κ1) is 21.6. The first-order valence-corrected chi connectivity index (χ1v) is 11.2. The highest BCUT2D eigenvalue weighted by Gasteiger charge is 2.35. The van der Waals surface area contributed by atoms with E-state index in [1.54, 1.807) is 42.5 Å². The molecule has 170 valence electrons. The smallest absolute Gasteiger partial charge is 0.342 e. The van der Waals surface area contributed by atoms with Crippen molar-refractivity contribution >= 4 is 29.1 Å². The number of methoxy groups -OCH3 is 1. The number of aromatic nitrogens is 1. The Morgan fingerprint density at radius 1 is 1.06 bits per heavy atom. The van der Waals surface area contributed by atoms with E-state index in [0.717, 1.165) is 9.78 Å². The van der Waals surface area contributed by atoms with Gasteiger partial charge in [-0.3, -0.25) is 14.5 Å². The van der Waals surface area contributed by atoms with Crippen molar-refractivity contribution in [3.63, 3.8) is 0 Å². The Balaban J connectivity index is 1.31. The molecule has 0 radical (unpaired) electrons. The minimum atomic E-state index is -0.623. The van der Waals surface area contributed by atoms with Crippen molar-refractivity contribution in [2.24, 2.45) is 0 Å². The quantitative estimate of drug-likeness (QED) is 0.286. The summed E-state index contributed by atoms with van der Waals surface area (Å²) >= 11 is 1.49. The Morgan fingerprint density at radius 2 is 1.82 bits per heavy atom. The number of imide groups is 1. The van der Waals surface area contributed by atoms with Gasteiger partial charge in [0.2, 0.25) is 5.89 Å². The van der Waals surface area contributed by atoms with Crippen LogP contribution < -0.4 is 4.74 Å². The summed E-state index contributed by atoms with van der Waals surface area (Å²) in [7, 11) is 1.45. The minimum Gasteiger partial charge on any atom is -0.496 e. The number of amides is 2. The van der Waals surface area contributed by atoms with Crippen LogP contribution in [0, 0.1) is 0 Å². The zero-order valence-corrected chi connectivity index (χ0v) is 18.8. The number of carbonyl (C=O) groups excluding carboxylic acids is 3. The number of esters is 1.